The van der Waals surface area contributed by atoms with Crippen molar-refractivity contribution in [2.24, 2.45) is 5.92 Å². The normalized spacial score (nSPS) is 17.9. The van der Waals surface area contributed by atoms with Gasteiger partial charge in [-0.05, 0) is 78.3 Å². The van der Waals surface area contributed by atoms with Crippen molar-refractivity contribution in [3.63, 3.8) is 0 Å². The molecule has 2 amide bonds. The lowest BCUT2D eigenvalue weighted by molar-refractivity contribution is -0.286. The zero-order valence-corrected chi connectivity index (χ0v) is 22.9. The third kappa shape index (κ3) is 5.78. The number of amides is 2. The van der Waals surface area contributed by atoms with Crippen LogP contribution in [0.15, 0.2) is 54.7 Å². The summed E-state index contributed by atoms with van der Waals surface area (Å²) in [5.74, 6) is 0.778. The van der Waals surface area contributed by atoms with Gasteiger partial charge in [0.25, 0.3) is 5.91 Å². The summed E-state index contributed by atoms with van der Waals surface area (Å²) in [5.41, 5.74) is 2.77. The van der Waals surface area contributed by atoms with Crippen LogP contribution in [0.3, 0.4) is 0 Å². The van der Waals surface area contributed by atoms with E-state index in [9.17, 15) is 18.4 Å². The van der Waals surface area contributed by atoms with Crippen molar-refractivity contribution in [2.75, 3.05) is 12.4 Å². The first-order valence-corrected chi connectivity index (χ1v) is 13.6. The van der Waals surface area contributed by atoms with Gasteiger partial charge in [0.2, 0.25) is 5.91 Å². The first-order chi connectivity index (χ1) is 19.1. The molecule has 6 rings (SSSR count). The van der Waals surface area contributed by atoms with Crippen LogP contribution in [-0.4, -0.2) is 30.1 Å². The molecule has 2 aromatic carbocycles. The summed E-state index contributed by atoms with van der Waals surface area (Å²) in [7, 11) is 1.57. The van der Waals surface area contributed by atoms with Crippen molar-refractivity contribution in [3.05, 3.63) is 71.4 Å². The Kier molecular flexibility index (Phi) is 7.49. The molecule has 0 atom stereocenters. The number of hydrogen-bond acceptors (Lipinski definition) is 5. The predicted molar refractivity (Wildman–Crippen MR) is 148 cm³/mol. The van der Waals surface area contributed by atoms with Crippen LogP contribution in [0.2, 0.25) is 0 Å². The molecule has 7 nitrogen and oxygen atoms in total. The second-order valence-electron chi connectivity index (χ2n) is 10.8. The molecule has 0 unspecified atom stereocenters. The van der Waals surface area contributed by atoms with E-state index in [1.807, 2.05) is 13.0 Å². The number of nitrogens with one attached hydrogen (secondary N) is 2. The summed E-state index contributed by atoms with van der Waals surface area (Å²) in [6.45, 7) is 4.23. The molecular weight excluding hydrogens is 516 g/mol. The SMILES string of the molecule is CC1CCCC1.CNC(=O)c1cccc(-c2cc(NC(=O)C3(c4ccc5c(c4)OC(F)(F)O5)CC3)ncc2C)c1. The number of alkyl halides is 2. The van der Waals surface area contributed by atoms with E-state index in [4.69, 9.17) is 0 Å². The van der Waals surface area contributed by atoms with Crippen molar-refractivity contribution in [3.8, 4) is 22.6 Å². The highest BCUT2D eigenvalue weighted by Crippen LogP contribution is 2.52. The van der Waals surface area contributed by atoms with Crippen LogP contribution in [0.25, 0.3) is 11.1 Å². The Bertz CT molecular complexity index is 1430. The van der Waals surface area contributed by atoms with Crippen LogP contribution in [0.1, 0.15) is 66.9 Å². The summed E-state index contributed by atoms with van der Waals surface area (Å²) >= 11 is 0. The number of hydrogen-bond donors (Lipinski definition) is 2. The maximum atomic E-state index is 13.4. The molecule has 9 heteroatoms. The number of carbonyl (C=O) groups excluding carboxylic acids is 2. The molecular formula is C31H33F2N3O4. The fraction of sp³-hybridized carbons (Fsp3) is 0.387. The van der Waals surface area contributed by atoms with Crippen LogP contribution in [0, 0.1) is 12.8 Å². The lowest BCUT2D eigenvalue weighted by Gasteiger charge is -2.17. The molecule has 1 aromatic heterocycles. The highest BCUT2D eigenvalue weighted by atomic mass is 19.3. The zero-order valence-electron chi connectivity index (χ0n) is 22.9. The van der Waals surface area contributed by atoms with Crippen molar-refractivity contribution in [1.82, 2.24) is 10.3 Å². The van der Waals surface area contributed by atoms with Gasteiger partial charge in [0.15, 0.2) is 11.5 Å². The molecule has 0 radical (unpaired) electrons. The van der Waals surface area contributed by atoms with Gasteiger partial charge < -0.3 is 20.1 Å². The molecule has 40 heavy (non-hydrogen) atoms. The van der Waals surface area contributed by atoms with Gasteiger partial charge in [-0.15, -0.1) is 8.78 Å². The van der Waals surface area contributed by atoms with Gasteiger partial charge in [-0.2, -0.15) is 0 Å². The van der Waals surface area contributed by atoms with Gasteiger partial charge >= 0.3 is 6.29 Å². The molecule has 210 valence electrons. The topological polar surface area (TPSA) is 89.6 Å². The predicted octanol–water partition coefficient (Wildman–Crippen LogP) is 6.60. The Morgan fingerprint density at radius 2 is 1.73 bits per heavy atom. The van der Waals surface area contributed by atoms with E-state index < -0.39 is 11.7 Å². The lowest BCUT2D eigenvalue weighted by atomic mass is 9.94. The number of carbonyl (C=O) groups is 2. The molecule has 0 spiro atoms. The number of anilines is 1. The minimum atomic E-state index is -3.71. The van der Waals surface area contributed by atoms with E-state index in [1.54, 1.807) is 43.6 Å². The summed E-state index contributed by atoms with van der Waals surface area (Å²) in [6, 6.07) is 13.4. The van der Waals surface area contributed by atoms with Crippen LogP contribution in [-0.2, 0) is 10.2 Å². The van der Waals surface area contributed by atoms with E-state index in [2.05, 4.69) is 32.0 Å². The maximum absolute atomic E-state index is 13.4. The van der Waals surface area contributed by atoms with E-state index in [0.29, 0.717) is 29.8 Å². The Labute approximate surface area is 232 Å². The molecule has 3 aromatic rings. The van der Waals surface area contributed by atoms with E-state index in [1.165, 1.54) is 37.8 Å². The van der Waals surface area contributed by atoms with Gasteiger partial charge in [0, 0.05) is 18.8 Å². The van der Waals surface area contributed by atoms with Gasteiger partial charge in [0.05, 0.1) is 5.41 Å². The molecule has 0 bridgehead atoms. The lowest BCUT2D eigenvalue weighted by Crippen LogP contribution is -2.28. The molecule has 1 aliphatic heterocycles. The second-order valence-corrected chi connectivity index (χ2v) is 10.8. The van der Waals surface area contributed by atoms with Crippen molar-refractivity contribution in [2.45, 2.75) is 64.1 Å². The summed E-state index contributed by atoms with van der Waals surface area (Å²) in [4.78, 5) is 29.6. The smallest absolute Gasteiger partial charge is 0.395 e. The number of benzene rings is 2. The van der Waals surface area contributed by atoms with Crippen molar-refractivity contribution in [1.29, 1.82) is 0 Å². The molecule has 2 N–H and O–H groups in total. The standard InChI is InChI=1S/C25H21F2N3O4.C6H12/c1-14-13-29-21(12-18(14)15-4-3-5-16(10-15)22(31)28-2)30-23(32)24(8-9-24)17-6-7-19-20(11-17)34-25(26,27)33-19;1-6-4-2-3-5-6/h3-7,10-13H,8-9H2,1-2H3,(H,28,31)(H,29,30,32);6H,2-5H2,1H3. The molecule has 2 heterocycles. The number of ether oxygens (including phenoxy) is 2. The molecule has 2 saturated carbocycles. The van der Waals surface area contributed by atoms with Gasteiger partial charge in [-0.3, -0.25) is 9.59 Å². The number of nitrogens with zero attached hydrogens (tertiary/aromatic N) is 1. The van der Waals surface area contributed by atoms with Crippen LogP contribution < -0.4 is 20.1 Å². The average molecular weight is 550 g/mol. The fourth-order valence-electron chi connectivity index (χ4n) is 5.26. The average Bonchev–Trinajstić information content (AvgIpc) is 3.51. The summed E-state index contributed by atoms with van der Waals surface area (Å²) in [6.07, 6.45) is 5.03. The first-order valence-electron chi connectivity index (χ1n) is 13.6. The Hall–Kier alpha value is -4.01. The highest BCUT2D eigenvalue weighted by Gasteiger charge is 2.53. The first kappa shape index (κ1) is 27.6. The number of fused-ring (bicyclic) bond motifs is 1. The monoisotopic (exact) mass is 549 g/mol. The van der Waals surface area contributed by atoms with Crippen molar-refractivity contribution >= 4 is 17.6 Å². The van der Waals surface area contributed by atoms with E-state index >= 15 is 0 Å². The number of rotatable bonds is 5. The Balaban J connectivity index is 0.000000477. The van der Waals surface area contributed by atoms with Gasteiger partial charge in [-0.25, -0.2) is 4.98 Å². The quantitative estimate of drug-likeness (QED) is 0.374. The maximum Gasteiger partial charge on any atom is 0.586 e. The number of aromatic nitrogens is 1. The highest BCUT2D eigenvalue weighted by molar-refractivity contribution is 6.01. The largest absolute Gasteiger partial charge is 0.586 e. The van der Waals surface area contributed by atoms with E-state index in [-0.39, 0.29) is 23.3 Å². The minimum Gasteiger partial charge on any atom is -0.395 e. The van der Waals surface area contributed by atoms with E-state index in [0.717, 1.165) is 22.6 Å². The van der Waals surface area contributed by atoms with Crippen molar-refractivity contribution < 1.29 is 27.8 Å². The second kappa shape index (κ2) is 10.9. The van der Waals surface area contributed by atoms with Crippen LogP contribution in [0.4, 0.5) is 14.6 Å². The molecule has 3 aliphatic rings. The van der Waals surface area contributed by atoms with Gasteiger partial charge in [0.1, 0.15) is 5.82 Å². The minimum absolute atomic E-state index is 0.0613. The molecule has 0 saturated heterocycles. The Morgan fingerprint density at radius 3 is 2.38 bits per heavy atom. The van der Waals surface area contributed by atoms with Gasteiger partial charge in [-0.1, -0.05) is 50.8 Å². The van der Waals surface area contributed by atoms with Crippen LogP contribution >= 0.6 is 0 Å². The van der Waals surface area contributed by atoms with Crippen LogP contribution in [0.5, 0.6) is 11.5 Å². The summed E-state index contributed by atoms with van der Waals surface area (Å²) < 4.78 is 35.7. The number of pyridine rings is 1. The third-order valence-corrected chi connectivity index (χ3v) is 7.79. The third-order valence-electron chi connectivity index (χ3n) is 7.79. The number of aryl methyl sites for hydroxylation is 1. The molecule has 2 aliphatic carbocycles. The molecule has 2 fully saturated rings. The fourth-order valence-corrected chi connectivity index (χ4v) is 5.26. The summed E-state index contributed by atoms with van der Waals surface area (Å²) in [5, 5.41) is 5.47. The zero-order chi connectivity index (χ0) is 28.5. The number of halogens is 2. The Morgan fingerprint density at radius 1 is 1.00 bits per heavy atom.